The number of ether oxygens (including phenoxy) is 2. The molecular weight excluding hydrogens is 504 g/mol. The first-order valence-electron chi connectivity index (χ1n) is 12.8. The van der Waals surface area contributed by atoms with Gasteiger partial charge in [0.25, 0.3) is 11.2 Å². The summed E-state index contributed by atoms with van der Waals surface area (Å²) in [6, 6.07) is 7.39. The van der Waals surface area contributed by atoms with Gasteiger partial charge in [0, 0.05) is 49.3 Å². The van der Waals surface area contributed by atoms with Crippen LogP contribution in [0, 0.1) is 16.0 Å². The first kappa shape index (κ1) is 26.1. The zero-order valence-corrected chi connectivity index (χ0v) is 22.3. The van der Waals surface area contributed by atoms with E-state index < -0.39 is 16.2 Å². The average Bonchev–Trinajstić information content (AvgIpc) is 2.94. The second-order valence-electron chi connectivity index (χ2n) is 10.1. The molecule has 0 saturated carbocycles. The van der Waals surface area contributed by atoms with Crippen molar-refractivity contribution in [3.63, 3.8) is 0 Å². The molecule has 1 saturated heterocycles. The highest BCUT2D eigenvalue weighted by Crippen LogP contribution is 2.36. The maximum absolute atomic E-state index is 13.6. The van der Waals surface area contributed by atoms with Crippen molar-refractivity contribution in [2.45, 2.75) is 39.3 Å². The Bertz CT molecular complexity index is 1690. The molecule has 1 aliphatic heterocycles. The number of rotatable bonds is 7. The maximum atomic E-state index is 13.6. The van der Waals surface area contributed by atoms with Gasteiger partial charge in [0.15, 0.2) is 11.5 Å². The van der Waals surface area contributed by atoms with Crippen molar-refractivity contribution in [2.24, 2.45) is 5.92 Å². The zero-order valence-electron chi connectivity index (χ0n) is 22.3. The number of hydrogen-bond acceptors (Lipinski definition) is 9. The van der Waals surface area contributed by atoms with Crippen LogP contribution in [0.25, 0.3) is 21.8 Å². The summed E-state index contributed by atoms with van der Waals surface area (Å²) in [7, 11) is 3.14. The number of anilines is 1. The van der Waals surface area contributed by atoms with Gasteiger partial charge in [-0.3, -0.25) is 24.0 Å². The Labute approximate surface area is 223 Å². The second-order valence-corrected chi connectivity index (χ2v) is 10.1. The van der Waals surface area contributed by atoms with Crippen molar-refractivity contribution < 1.29 is 14.4 Å². The van der Waals surface area contributed by atoms with Gasteiger partial charge in [0.05, 0.1) is 35.6 Å². The molecule has 0 bridgehead atoms. The van der Waals surface area contributed by atoms with Crippen LogP contribution in [0.1, 0.15) is 32.7 Å². The summed E-state index contributed by atoms with van der Waals surface area (Å²) < 4.78 is 13.7. The van der Waals surface area contributed by atoms with Gasteiger partial charge in [-0.25, -0.2) is 14.8 Å². The Morgan fingerprint density at radius 1 is 1.03 bits per heavy atom. The van der Waals surface area contributed by atoms with Crippen molar-refractivity contribution in [2.75, 3.05) is 32.2 Å². The fourth-order valence-corrected chi connectivity index (χ4v) is 5.31. The minimum atomic E-state index is -0.532. The number of aromatic nitrogens is 4. The summed E-state index contributed by atoms with van der Waals surface area (Å²) >= 11 is 0. The SMILES string of the molecule is COc1cc2ncnc(N3CCC(n4c(=O)c5cc([N+](=O)[O-])ccc5n(CC(C)C)c4=O)CC3)c2cc1OC. The molecule has 0 aliphatic carbocycles. The third kappa shape index (κ3) is 4.66. The number of nitro groups is 1. The predicted molar refractivity (Wildman–Crippen MR) is 147 cm³/mol. The summed E-state index contributed by atoms with van der Waals surface area (Å²) in [5.74, 6) is 2.01. The molecule has 204 valence electrons. The highest BCUT2D eigenvalue weighted by molar-refractivity contribution is 5.92. The van der Waals surface area contributed by atoms with Crippen molar-refractivity contribution in [1.29, 1.82) is 0 Å². The van der Waals surface area contributed by atoms with E-state index in [9.17, 15) is 19.7 Å². The summed E-state index contributed by atoms with van der Waals surface area (Å²) in [5.41, 5.74) is 0.0520. The van der Waals surface area contributed by atoms with Crippen LogP contribution in [0.5, 0.6) is 11.5 Å². The van der Waals surface area contributed by atoms with Gasteiger partial charge in [-0.2, -0.15) is 0 Å². The molecule has 2 aromatic heterocycles. The van der Waals surface area contributed by atoms with Crippen LogP contribution in [0.4, 0.5) is 11.5 Å². The topological polar surface area (TPSA) is 135 Å². The molecule has 0 radical (unpaired) electrons. The highest BCUT2D eigenvalue weighted by Gasteiger charge is 2.28. The number of nitrogens with zero attached hydrogens (tertiary/aromatic N) is 6. The Kier molecular flexibility index (Phi) is 6.94. The summed E-state index contributed by atoms with van der Waals surface area (Å²) in [6.45, 7) is 5.45. The standard InChI is InChI=1S/C27H30N6O6/c1-16(2)14-31-22-6-5-18(33(36)37)11-20(22)26(34)32(27(31)35)17-7-9-30(10-8-17)25-19-12-23(38-3)24(39-4)13-21(19)28-15-29-25/h5-6,11-13,15-17H,7-10,14H2,1-4H3. The Morgan fingerprint density at radius 2 is 1.72 bits per heavy atom. The third-order valence-electron chi connectivity index (χ3n) is 7.16. The molecule has 0 spiro atoms. The van der Waals surface area contributed by atoms with E-state index in [-0.39, 0.29) is 23.0 Å². The fourth-order valence-electron chi connectivity index (χ4n) is 5.31. The minimum absolute atomic E-state index is 0.135. The molecule has 0 N–H and O–H groups in total. The van der Waals surface area contributed by atoms with Crippen LogP contribution in [-0.4, -0.2) is 51.3 Å². The molecule has 0 amide bonds. The largest absolute Gasteiger partial charge is 0.493 e. The van der Waals surface area contributed by atoms with Crippen molar-refractivity contribution in [3.05, 3.63) is 67.6 Å². The van der Waals surface area contributed by atoms with E-state index in [1.807, 2.05) is 19.9 Å². The third-order valence-corrected chi connectivity index (χ3v) is 7.16. The van der Waals surface area contributed by atoms with Crippen molar-refractivity contribution in [1.82, 2.24) is 19.1 Å². The summed E-state index contributed by atoms with van der Waals surface area (Å²) in [6.07, 6.45) is 2.55. The lowest BCUT2D eigenvalue weighted by atomic mass is 10.0. The fraction of sp³-hybridized carbons (Fsp3) is 0.407. The molecule has 2 aromatic carbocycles. The quantitative estimate of drug-likeness (QED) is 0.258. The lowest BCUT2D eigenvalue weighted by molar-refractivity contribution is -0.384. The van der Waals surface area contributed by atoms with Crippen LogP contribution in [0.2, 0.25) is 0 Å². The van der Waals surface area contributed by atoms with Crippen LogP contribution < -0.4 is 25.6 Å². The van der Waals surface area contributed by atoms with Crippen LogP contribution in [0.3, 0.4) is 0 Å². The van der Waals surface area contributed by atoms with Gasteiger partial charge >= 0.3 is 5.69 Å². The maximum Gasteiger partial charge on any atom is 0.331 e. The normalized spacial score (nSPS) is 14.3. The van der Waals surface area contributed by atoms with Gasteiger partial charge in [-0.15, -0.1) is 0 Å². The first-order chi connectivity index (χ1) is 18.7. The van der Waals surface area contributed by atoms with E-state index in [2.05, 4.69) is 14.9 Å². The highest BCUT2D eigenvalue weighted by atomic mass is 16.6. The number of methoxy groups -OCH3 is 2. The van der Waals surface area contributed by atoms with E-state index in [0.29, 0.717) is 55.0 Å². The Hall–Kier alpha value is -4.48. The number of piperidine rings is 1. The molecule has 0 atom stereocenters. The summed E-state index contributed by atoms with van der Waals surface area (Å²) in [4.78, 5) is 49.1. The molecule has 3 heterocycles. The van der Waals surface area contributed by atoms with E-state index in [4.69, 9.17) is 9.47 Å². The molecule has 0 unspecified atom stereocenters. The Morgan fingerprint density at radius 3 is 2.36 bits per heavy atom. The molecule has 39 heavy (non-hydrogen) atoms. The first-order valence-corrected chi connectivity index (χ1v) is 12.8. The monoisotopic (exact) mass is 534 g/mol. The second kappa shape index (κ2) is 10.4. The van der Waals surface area contributed by atoms with Gasteiger partial charge in [0.1, 0.15) is 12.1 Å². The molecule has 12 heteroatoms. The predicted octanol–water partition coefficient (Wildman–Crippen LogP) is 3.53. The number of fused-ring (bicyclic) bond motifs is 2. The number of nitro benzene ring substituents is 1. The summed E-state index contributed by atoms with van der Waals surface area (Å²) in [5, 5.41) is 12.4. The van der Waals surface area contributed by atoms with E-state index in [1.165, 1.54) is 29.1 Å². The Balaban J connectivity index is 1.52. The smallest absolute Gasteiger partial charge is 0.331 e. The molecule has 1 aliphatic rings. The van der Waals surface area contributed by atoms with Gasteiger partial charge in [0.2, 0.25) is 0 Å². The van der Waals surface area contributed by atoms with Crippen molar-refractivity contribution >= 4 is 33.3 Å². The van der Waals surface area contributed by atoms with Crippen LogP contribution >= 0.6 is 0 Å². The molecule has 5 rings (SSSR count). The molecule has 1 fully saturated rings. The average molecular weight is 535 g/mol. The van der Waals surface area contributed by atoms with Crippen LogP contribution in [0.15, 0.2) is 46.2 Å². The zero-order chi connectivity index (χ0) is 27.8. The number of non-ortho nitro benzene ring substituents is 1. The van der Waals surface area contributed by atoms with Gasteiger partial charge < -0.3 is 14.4 Å². The van der Waals surface area contributed by atoms with Gasteiger partial charge in [-0.1, -0.05) is 13.8 Å². The number of benzene rings is 2. The minimum Gasteiger partial charge on any atom is -0.493 e. The number of hydrogen-bond donors (Lipinski definition) is 0. The van der Waals surface area contributed by atoms with E-state index >= 15 is 0 Å². The van der Waals surface area contributed by atoms with E-state index in [1.54, 1.807) is 24.9 Å². The van der Waals surface area contributed by atoms with Crippen molar-refractivity contribution in [3.8, 4) is 11.5 Å². The molecular formula is C27H30N6O6. The molecule has 4 aromatic rings. The lowest BCUT2D eigenvalue weighted by Crippen LogP contribution is -2.46. The van der Waals surface area contributed by atoms with Crippen LogP contribution in [-0.2, 0) is 6.54 Å². The molecule has 12 nitrogen and oxygen atoms in total. The van der Waals surface area contributed by atoms with Gasteiger partial charge in [-0.05, 0) is 30.9 Å². The lowest BCUT2D eigenvalue weighted by Gasteiger charge is -2.34. The van der Waals surface area contributed by atoms with E-state index in [0.717, 1.165) is 11.2 Å².